The standard InChI is InChI=1S/C29H41NO5/c1-21-25(33-20-26(31)34-28(2,3)4)17-24(27(21)35-29(5,6)32)30(18-22-13-9-7-10-14-22)19-23-15-11-8-12-16-23/h7-16,21,24-25,27,32H,17-20H2,1-6H3. The van der Waals surface area contributed by atoms with E-state index in [9.17, 15) is 9.90 Å². The molecule has 0 radical (unpaired) electrons. The van der Waals surface area contributed by atoms with Crippen LogP contribution in [0.25, 0.3) is 0 Å². The van der Waals surface area contributed by atoms with E-state index in [0.29, 0.717) is 6.42 Å². The molecule has 1 N–H and O–H groups in total. The Morgan fingerprint density at radius 3 is 1.91 bits per heavy atom. The van der Waals surface area contributed by atoms with Gasteiger partial charge in [-0.1, -0.05) is 67.6 Å². The van der Waals surface area contributed by atoms with Gasteiger partial charge in [0.1, 0.15) is 12.2 Å². The molecule has 1 saturated carbocycles. The lowest BCUT2D eigenvalue weighted by molar-refractivity contribution is -0.225. The second-order valence-electron chi connectivity index (χ2n) is 11.0. The van der Waals surface area contributed by atoms with Crippen molar-refractivity contribution in [2.75, 3.05) is 6.61 Å². The molecule has 2 aromatic carbocycles. The van der Waals surface area contributed by atoms with Gasteiger partial charge >= 0.3 is 5.97 Å². The predicted molar refractivity (Wildman–Crippen MR) is 136 cm³/mol. The van der Waals surface area contributed by atoms with E-state index in [2.05, 4.69) is 36.1 Å². The van der Waals surface area contributed by atoms with Gasteiger partial charge in [-0.25, -0.2) is 4.79 Å². The molecule has 0 aliphatic heterocycles. The van der Waals surface area contributed by atoms with E-state index in [1.54, 1.807) is 13.8 Å². The van der Waals surface area contributed by atoms with Gasteiger partial charge < -0.3 is 19.3 Å². The molecule has 1 aliphatic rings. The third kappa shape index (κ3) is 8.73. The minimum atomic E-state index is -1.29. The van der Waals surface area contributed by atoms with Crippen LogP contribution in [0.5, 0.6) is 0 Å². The molecular weight excluding hydrogens is 442 g/mol. The lowest BCUT2D eigenvalue weighted by Crippen LogP contribution is -2.46. The van der Waals surface area contributed by atoms with Crippen LogP contribution in [0.3, 0.4) is 0 Å². The number of benzene rings is 2. The van der Waals surface area contributed by atoms with E-state index in [1.807, 2.05) is 57.2 Å². The number of rotatable bonds is 10. The molecule has 0 bridgehead atoms. The van der Waals surface area contributed by atoms with Gasteiger partial charge in [-0.15, -0.1) is 0 Å². The highest BCUT2D eigenvalue weighted by Gasteiger charge is 2.47. The Balaban J connectivity index is 1.83. The van der Waals surface area contributed by atoms with Crippen molar-refractivity contribution in [3.8, 4) is 0 Å². The van der Waals surface area contributed by atoms with Gasteiger partial charge in [0.2, 0.25) is 0 Å². The van der Waals surface area contributed by atoms with E-state index < -0.39 is 11.4 Å². The van der Waals surface area contributed by atoms with E-state index in [4.69, 9.17) is 14.2 Å². The number of nitrogens with zero attached hydrogens (tertiary/aromatic N) is 1. The molecule has 6 nitrogen and oxygen atoms in total. The van der Waals surface area contributed by atoms with Gasteiger partial charge in [-0.2, -0.15) is 0 Å². The normalized spacial score (nSPS) is 23.0. The summed E-state index contributed by atoms with van der Waals surface area (Å²) in [5.41, 5.74) is 1.85. The summed E-state index contributed by atoms with van der Waals surface area (Å²) in [6.45, 7) is 12.3. The summed E-state index contributed by atoms with van der Waals surface area (Å²) in [6, 6.07) is 20.7. The molecule has 2 aromatic rings. The van der Waals surface area contributed by atoms with Crippen LogP contribution in [0.4, 0.5) is 0 Å². The van der Waals surface area contributed by atoms with Gasteiger partial charge in [-0.3, -0.25) is 4.90 Å². The summed E-state index contributed by atoms with van der Waals surface area (Å²) in [7, 11) is 0. The first-order valence-corrected chi connectivity index (χ1v) is 12.5. The topological polar surface area (TPSA) is 68.2 Å². The average molecular weight is 484 g/mol. The SMILES string of the molecule is CC1C(OCC(=O)OC(C)(C)C)CC(N(Cc2ccccc2)Cc2ccccc2)C1OC(C)(C)O. The van der Waals surface area contributed by atoms with Crippen LogP contribution < -0.4 is 0 Å². The van der Waals surface area contributed by atoms with Crippen molar-refractivity contribution in [2.24, 2.45) is 5.92 Å². The average Bonchev–Trinajstić information content (AvgIpc) is 3.06. The minimum absolute atomic E-state index is 0.0135. The molecule has 0 heterocycles. The smallest absolute Gasteiger partial charge is 0.332 e. The fraction of sp³-hybridized carbons (Fsp3) is 0.552. The number of aliphatic hydroxyl groups is 1. The van der Waals surface area contributed by atoms with E-state index in [1.165, 1.54) is 11.1 Å². The summed E-state index contributed by atoms with van der Waals surface area (Å²) in [5, 5.41) is 10.6. The Kier molecular flexibility index (Phi) is 9.11. The van der Waals surface area contributed by atoms with Crippen LogP contribution in [0.15, 0.2) is 60.7 Å². The number of hydrogen-bond donors (Lipinski definition) is 1. The quantitative estimate of drug-likeness (QED) is 0.381. The van der Waals surface area contributed by atoms with Crippen molar-refractivity contribution < 1.29 is 24.1 Å². The lowest BCUT2D eigenvalue weighted by atomic mass is 10.0. The molecule has 192 valence electrons. The Morgan fingerprint density at radius 1 is 0.943 bits per heavy atom. The summed E-state index contributed by atoms with van der Waals surface area (Å²) < 4.78 is 17.7. The van der Waals surface area contributed by atoms with Crippen LogP contribution in [-0.2, 0) is 32.1 Å². The number of ether oxygens (including phenoxy) is 3. The van der Waals surface area contributed by atoms with Crippen molar-refractivity contribution in [2.45, 2.75) is 90.7 Å². The van der Waals surface area contributed by atoms with E-state index >= 15 is 0 Å². The fourth-order valence-electron chi connectivity index (χ4n) is 4.72. The Bertz CT molecular complexity index is 878. The maximum atomic E-state index is 12.3. The first-order valence-electron chi connectivity index (χ1n) is 12.5. The number of hydrogen-bond acceptors (Lipinski definition) is 6. The lowest BCUT2D eigenvalue weighted by Gasteiger charge is -2.36. The molecule has 0 saturated heterocycles. The molecule has 0 amide bonds. The summed E-state index contributed by atoms with van der Waals surface area (Å²) in [4.78, 5) is 14.7. The molecule has 1 fully saturated rings. The molecule has 6 heteroatoms. The maximum Gasteiger partial charge on any atom is 0.332 e. The second-order valence-corrected chi connectivity index (χ2v) is 11.0. The van der Waals surface area contributed by atoms with Crippen molar-refractivity contribution >= 4 is 5.97 Å². The van der Waals surface area contributed by atoms with E-state index in [0.717, 1.165) is 13.1 Å². The first kappa shape index (κ1) is 27.3. The molecule has 4 atom stereocenters. The zero-order valence-electron chi connectivity index (χ0n) is 21.9. The van der Waals surface area contributed by atoms with Gasteiger partial charge in [-0.05, 0) is 52.2 Å². The zero-order chi connectivity index (χ0) is 25.6. The van der Waals surface area contributed by atoms with Gasteiger partial charge in [0, 0.05) is 25.0 Å². The maximum absolute atomic E-state index is 12.3. The monoisotopic (exact) mass is 483 g/mol. The van der Waals surface area contributed by atoms with Gasteiger partial charge in [0.15, 0.2) is 5.79 Å². The Hall–Kier alpha value is -2.25. The largest absolute Gasteiger partial charge is 0.458 e. The summed E-state index contributed by atoms with van der Waals surface area (Å²) in [5.74, 6) is -1.69. The fourth-order valence-corrected chi connectivity index (χ4v) is 4.72. The van der Waals surface area contributed by atoms with Crippen molar-refractivity contribution in [1.82, 2.24) is 4.90 Å². The molecular formula is C29H41NO5. The minimum Gasteiger partial charge on any atom is -0.458 e. The summed E-state index contributed by atoms with van der Waals surface area (Å²) in [6.07, 6.45) is 0.213. The van der Waals surface area contributed by atoms with Crippen molar-refractivity contribution in [3.63, 3.8) is 0 Å². The number of carbonyl (C=O) groups excluding carboxylic acids is 1. The number of esters is 1. The Labute approximate surface area is 210 Å². The molecule has 4 unspecified atom stereocenters. The molecule has 3 rings (SSSR count). The van der Waals surface area contributed by atoms with E-state index in [-0.39, 0.29) is 36.7 Å². The second kappa shape index (κ2) is 11.7. The highest BCUT2D eigenvalue weighted by atomic mass is 16.6. The van der Waals surface area contributed by atoms with Crippen molar-refractivity contribution in [1.29, 1.82) is 0 Å². The van der Waals surface area contributed by atoms with Crippen LogP contribution in [0.2, 0.25) is 0 Å². The van der Waals surface area contributed by atoms with Crippen LogP contribution in [0.1, 0.15) is 59.1 Å². The van der Waals surface area contributed by atoms with Crippen LogP contribution in [-0.4, -0.2) is 52.2 Å². The predicted octanol–water partition coefficient (Wildman–Crippen LogP) is 4.94. The number of carbonyl (C=O) groups is 1. The molecule has 1 aliphatic carbocycles. The van der Waals surface area contributed by atoms with Crippen LogP contribution >= 0.6 is 0 Å². The first-order chi connectivity index (χ1) is 16.4. The van der Waals surface area contributed by atoms with Gasteiger partial charge in [0.05, 0.1) is 12.2 Å². The summed E-state index contributed by atoms with van der Waals surface area (Å²) >= 11 is 0. The highest BCUT2D eigenvalue weighted by molar-refractivity contribution is 5.71. The third-order valence-electron chi connectivity index (χ3n) is 6.14. The molecule has 35 heavy (non-hydrogen) atoms. The molecule has 0 spiro atoms. The Morgan fingerprint density at radius 2 is 1.46 bits per heavy atom. The molecule has 0 aromatic heterocycles. The van der Waals surface area contributed by atoms with Crippen molar-refractivity contribution in [3.05, 3.63) is 71.8 Å². The van der Waals surface area contributed by atoms with Crippen LogP contribution in [0, 0.1) is 5.92 Å². The van der Waals surface area contributed by atoms with Gasteiger partial charge in [0.25, 0.3) is 0 Å². The third-order valence-corrected chi connectivity index (χ3v) is 6.14. The zero-order valence-corrected chi connectivity index (χ0v) is 21.9. The highest BCUT2D eigenvalue weighted by Crippen LogP contribution is 2.37.